The molecule has 2 aliphatic carbocycles. The van der Waals surface area contributed by atoms with E-state index in [0.29, 0.717) is 23.3 Å². The Bertz CT molecular complexity index is 897. The molecule has 0 atom stereocenters. The average Bonchev–Trinajstić information content (AvgIpc) is 2.82. The van der Waals surface area contributed by atoms with Gasteiger partial charge in [0.05, 0.1) is 0 Å². The molecule has 0 N–H and O–H groups in total. The van der Waals surface area contributed by atoms with Crippen LogP contribution in [0.2, 0.25) is 0 Å². The number of allylic oxidation sites excluding steroid dienone is 2. The zero-order chi connectivity index (χ0) is 21.8. The van der Waals surface area contributed by atoms with Crippen LogP contribution in [-0.2, 0) is 6.42 Å². The topological polar surface area (TPSA) is 0 Å². The SMILES string of the molecule is C/C=C/CCc1cc2ccc(C3CCC(C4CCC(CC)CC4)CC3)cc2c(F)c1F. The zero-order valence-corrected chi connectivity index (χ0v) is 19.3. The molecule has 0 bridgehead atoms. The quantitative estimate of drug-likeness (QED) is 0.406. The van der Waals surface area contributed by atoms with Gasteiger partial charge in [-0.15, -0.1) is 0 Å². The molecular weight excluding hydrogens is 386 g/mol. The van der Waals surface area contributed by atoms with Crippen LogP contribution in [0.15, 0.2) is 36.4 Å². The summed E-state index contributed by atoms with van der Waals surface area (Å²) in [4.78, 5) is 0. The minimum atomic E-state index is -0.670. The summed E-state index contributed by atoms with van der Waals surface area (Å²) in [6.45, 7) is 4.28. The number of rotatable bonds is 6. The van der Waals surface area contributed by atoms with Gasteiger partial charge in [0.15, 0.2) is 11.6 Å². The highest BCUT2D eigenvalue weighted by molar-refractivity contribution is 5.85. The first kappa shape index (κ1) is 22.5. The lowest BCUT2D eigenvalue weighted by atomic mass is 9.68. The smallest absolute Gasteiger partial charge is 0.166 e. The lowest BCUT2D eigenvalue weighted by molar-refractivity contribution is 0.158. The number of fused-ring (bicyclic) bond motifs is 1. The number of aryl methyl sites for hydroxylation is 1. The van der Waals surface area contributed by atoms with Gasteiger partial charge in [0.25, 0.3) is 0 Å². The van der Waals surface area contributed by atoms with E-state index >= 15 is 0 Å². The number of hydrogen-bond donors (Lipinski definition) is 0. The minimum Gasteiger partial charge on any atom is -0.203 e. The van der Waals surface area contributed by atoms with Gasteiger partial charge >= 0.3 is 0 Å². The molecule has 2 saturated carbocycles. The highest BCUT2D eigenvalue weighted by atomic mass is 19.2. The van der Waals surface area contributed by atoms with Crippen molar-refractivity contribution >= 4 is 10.8 Å². The Balaban J connectivity index is 1.43. The Kier molecular flexibility index (Phi) is 7.46. The fraction of sp³-hybridized carbons (Fsp3) is 0.586. The lowest BCUT2D eigenvalue weighted by Crippen LogP contribution is -2.25. The third kappa shape index (κ3) is 5.04. The molecule has 2 aromatic carbocycles. The normalized spacial score (nSPS) is 27.2. The first-order chi connectivity index (χ1) is 15.1. The van der Waals surface area contributed by atoms with Crippen LogP contribution in [0.1, 0.15) is 95.1 Å². The summed E-state index contributed by atoms with van der Waals surface area (Å²) in [5.74, 6) is 1.92. The van der Waals surface area contributed by atoms with E-state index in [4.69, 9.17) is 0 Å². The maximum atomic E-state index is 14.9. The van der Waals surface area contributed by atoms with Crippen molar-refractivity contribution in [3.05, 3.63) is 59.2 Å². The van der Waals surface area contributed by atoms with Crippen LogP contribution in [0.5, 0.6) is 0 Å². The Morgan fingerprint density at radius 2 is 1.55 bits per heavy atom. The van der Waals surface area contributed by atoms with Crippen LogP contribution >= 0.6 is 0 Å². The molecule has 4 rings (SSSR count). The Hall–Kier alpha value is -1.70. The zero-order valence-electron chi connectivity index (χ0n) is 19.3. The fourth-order valence-corrected chi connectivity index (χ4v) is 6.23. The Morgan fingerprint density at radius 3 is 2.19 bits per heavy atom. The largest absolute Gasteiger partial charge is 0.203 e. The van der Waals surface area contributed by atoms with E-state index in [1.807, 2.05) is 37.3 Å². The molecule has 2 heteroatoms. The van der Waals surface area contributed by atoms with Gasteiger partial charge in [-0.3, -0.25) is 0 Å². The molecule has 0 heterocycles. The summed E-state index contributed by atoms with van der Waals surface area (Å²) in [6, 6.07) is 7.93. The van der Waals surface area contributed by atoms with Gasteiger partial charge in [-0.2, -0.15) is 0 Å². The van der Waals surface area contributed by atoms with Crippen LogP contribution in [0, 0.1) is 29.4 Å². The standard InChI is InChI=1S/C29H38F2/c1-3-5-6-7-26-18-25-17-16-24(19-27(25)29(31)28(26)30)23-14-12-22(13-15-23)21-10-8-20(4-2)9-11-21/h3,5,16-23H,4,6-15H2,1-2H3/b5-3+. The van der Waals surface area contributed by atoms with Crippen molar-refractivity contribution < 1.29 is 8.78 Å². The van der Waals surface area contributed by atoms with E-state index in [1.165, 1.54) is 63.4 Å². The molecule has 0 nitrogen and oxygen atoms in total. The molecule has 0 radical (unpaired) electrons. The van der Waals surface area contributed by atoms with Crippen LogP contribution < -0.4 is 0 Å². The second-order valence-corrected chi connectivity index (χ2v) is 10.1. The maximum absolute atomic E-state index is 14.9. The average molecular weight is 425 g/mol. The molecule has 0 unspecified atom stereocenters. The number of halogens is 2. The van der Waals surface area contributed by atoms with Crippen molar-refractivity contribution in [3.8, 4) is 0 Å². The predicted octanol–water partition coefficient (Wildman–Crippen LogP) is 9.12. The van der Waals surface area contributed by atoms with Crippen molar-refractivity contribution in [2.24, 2.45) is 17.8 Å². The van der Waals surface area contributed by atoms with Gasteiger partial charge in [-0.05, 0) is 111 Å². The lowest BCUT2D eigenvalue weighted by Gasteiger charge is -2.38. The molecule has 168 valence electrons. The molecule has 0 spiro atoms. The maximum Gasteiger partial charge on any atom is 0.166 e. The van der Waals surface area contributed by atoms with Crippen molar-refractivity contribution in [2.45, 2.75) is 90.4 Å². The van der Waals surface area contributed by atoms with Gasteiger partial charge in [0.2, 0.25) is 0 Å². The van der Waals surface area contributed by atoms with Crippen molar-refractivity contribution in [3.63, 3.8) is 0 Å². The van der Waals surface area contributed by atoms with E-state index in [9.17, 15) is 8.78 Å². The Morgan fingerprint density at radius 1 is 0.871 bits per heavy atom. The highest BCUT2D eigenvalue weighted by Gasteiger charge is 2.31. The van der Waals surface area contributed by atoms with Crippen LogP contribution in [0.3, 0.4) is 0 Å². The van der Waals surface area contributed by atoms with Crippen molar-refractivity contribution in [1.29, 1.82) is 0 Å². The molecular formula is C29H38F2. The van der Waals surface area contributed by atoms with Gasteiger partial charge < -0.3 is 0 Å². The molecule has 2 aromatic rings. The van der Waals surface area contributed by atoms with Gasteiger partial charge in [0, 0.05) is 5.39 Å². The first-order valence-corrected chi connectivity index (χ1v) is 12.6. The second-order valence-electron chi connectivity index (χ2n) is 10.1. The van der Waals surface area contributed by atoms with Gasteiger partial charge in [-0.1, -0.05) is 50.5 Å². The van der Waals surface area contributed by atoms with Gasteiger partial charge in [-0.25, -0.2) is 8.78 Å². The summed E-state index contributed by atoms with van der Waals surface area (Å²) in [5.41, 5.74) is 1.68. The van der Waals surface area contributed by atoms with Gasteiger partial charge in [0.1, 0.15) is 0 Å². The summed E-state index contributed by atoms with van der Waals surface area (Å²) < 4.78 is 29.5. The molecule has 31 heavy (non-hydrogen) atoms. The highest BCUT2D eigenvalue weighted by Crippen LogP contribution is 2.44. The number of hydrogen-bond acceptors (Lipinski definition) is 0. The molecule has 2 fully saturated rings. The summed E-state index contributed by atoms with van der Waals surface area (Å²) >= 11 is 0. The third-order valence-corrected chi connectivity index (χ3v) is 8.31. The Labute approximate surface area is 187 Å². The van der Waals surface area contributed by atoms with E-state index in [0.717, 1.165) is 29.6 Å². The fourth-order valence-electron chi connectivity index (χ4n) is 6.23. The summed E-state index contributed by atoms with van der Waals surface area (Å²) in [5, 5.41) is 1.27. The van der Waals surface area contributed by atoms with E-state index in [2.05, 4.69) is 13.0 Å². The van der Waals surface area contributed by atoms with Crippen LogP contribution in [0.25, 0.3) is 10.8 Å². The van der Waals surface area contributed by atoms with Crippen LogP contribution in [0.4, 0.5) is 8.78 Å². The van der Waals surface area contributed by atoms with Crippen molar-refractivity contribution in [2.75, 3.05) is 0 Å². The van der Waals surface area contributed by atoms with E-state index < -0.39 is 11.6 Å². The molecule has 0 amide bonds. The van der Waals surface area contributed by atoms with E-state index in [-0.39, 0.29) is 0 Å². The molecule has 0 saturated heterocycles. The molecule has 0 aliphatic heterocycles. The van der Waals surface area contributed by atoms with Crippen molar-refractivity contribution in [1.82, 2.24) is 0 Å². The predicted molar refractivity (Wildman–Crippen MR) is 127 cm³/mol. The molecule has 0 aromatic heterocycles. The summed E-state index contributed by atoms with van der Waals surface area (Å²) in [6.07, 6.45) is 17.2. The first-order valence-electron chi connectivity index (χ1n) is 12.6. The second kappa shape index (κ2) is 10.3. The summed E-state index contributed by atoms with van der Waals surface area (Å²) in [7, 11) is 0. The monoisotopic (exact) mass is 424 g/mol. The number of benzene rings is 2. The minimum absolute atomic E-state index is 0.449. The third-order valence-electron chi connectivity index (χ3n) is 8.31. The molecule has 2 aliphatic rings. The van der Waals surface area contributed by atoms with E-state index in [1.54, 1.807) is 0 Å². The van der Waals surface area contributed by atoms with Crippen LogP contribution in [-0.4, -0.2) is 0 Å².